The molecule has 4 nitrogen and oxygen atoms in total. The number of nitrogens with zero attached hydrogens (tertiary/aromatic N) is 1. The first-order valence-electron chi connectivity index (χ1n) is 5.69. The summed E-state index contributed by atoms with van der Waals surface area (Å²) in [5, 5.41) is 0.261. The lowest BCUT2D eigenvalue weighted by atomic mass is 10.1. The van der Waals surface area contributed by atoms with Crippen molar-refractivity contribution in [3.8, 4) is 5.75 Å². The molecule has 0 aliphatic carbocycles. The molecular formula is C13H12ClFINO3. The van der Waals surface area contributed by atoms with Crippen molar-refractivity contribution >= 4 is 45.1 Å². The Labute approximate surface area is 133 Å². The maximum absolute atomic E-state index is 13.7. The average molecular weight is 412 g/mol. The molecule has 0 fully saturated rings. The lowest BCUT2D eigenvalue weighted by Gasteiger charge is -2.16. The minimum atomic E-state index is -0.532. The number of aromatic nitrogens is 1. The topological polar surface area (TPSA) is 40.5 Å². The third kappa shape index (κ3) is 2.64. The van der Waals surface area contributed by atoms with Gasteiger partial charge in [-0.2, -0.15) is 0 Å². The zero-order valence-electron chi connectivity index (χ0n) is 10.9. The van der Waals surface area contributed by atoms with Gasteiger partial charge in [-0.1, -0.05) is 0 Å². The highest BCUT2D eigenvalue weighted by Gasteiger charge is 2.17. The molecule has 0 N–H and O–H groups in total. The van der Waals surface area contributed by atoms with E-state index in [-0.39, 0.29) is 29.2 Å². The Morgan fingerprint density at radius 3 is 2.75 bits per heavy atom. The summed E-state index contributed by atoms with van der Waals surface area (Å²) in [7, 11) is 3.23. The highest BCUT2D eigenvalue weighted by molar-refractivity contribution is 14.1. The van der Waals surface area contributed by atoms with E-state index in [1.807, 2.05) is 22.6 Å². The summed E-state index contributed by atoms with van der Waals surface area (Å²) >= 11 is 7.82. The Bertz CT molecular complexity index is 717. The summed E-state index contributed by atoms with van der Waals surface area (Å²) in [6.45, 7) is -0.0328. The SMILES string of the molecule is COCOc1cc(F)cc2c(=O)c(I)c(CCl)n(C)c12. The van der Waals surface area contributed by atoms with Gasteiger partial charge in [0.15, 0.2) is 6.79 Å². The lowest BCUT2D eigenvalue weighted by Crippen LogP contribution is -2.17. The predicted molar refractivity (Wildman–Crippen MR) is 83.9 cm³/mol. The number of fused-ring (bicyclic) bond motifs is 1. The maximum atomic E-state index is 13.7. The summed E-state index contributed by atoms with van der Waals surface area (Å²) < 4.78 is 26.1. The van der Waals surface area contributed by atoms with Crippen LogP contribution in [0.1, 0.15) is 5.69 Å². The second-order valence-electron chi connectivity index (χ2n) is 4.13. The van der Waals surface area contributed by atoms with Gasteiger partial charge < -0.3 is 14.0 Å². The van der Waals surface area contributed by atoms with Gasteiger partial charge in [-0.3, -0.25) is 4.79 Å². The van der Waals surface area contributed by atoms with Gasteiger partial charge in [0.25, 0.3) is 0 Å². The number of ether oxygens (including phenoxy) is 2. The van der Waals surface area contributed by atoms with Crippen LogP contribution < -0.4 is 10.2 Å². The molecule has 0 bridgehead atoms. The monoisotopic (exact) mass is 411 g/mol. The van der Waals surface area contributed by atoms with Gasteiger partial charge in [0, 0.05) is 20.2 Å². The van der Waals surface area contributed by atoms with Crippen molar-refractivity contribution in [3.05, 3.63) is 37.4 Å². The van der Waals surface area contributed by atoms with E-state index < -0.39 is 5.82 Å². The largest absolute Gasteiger partial charge is 0.465 e. The highest BCUT2D eigenvalue weighted by atomic mass is 127. The fourth-order valence-corrected chi connectivity index (χ4v) is 3.39. The zero-order valence-corrected chi connectivity index (χ0v) is 13.8. The van der Waals surface area contributed by atoms with E-state index in [1.54, 1.807) is 11.6 Å². The third-order valence-corrected chi connectivity index (χ3v) is 4.30. The Morgan fingerprint density at radius 2 is 2.15 bits per heavy atom. The summed E-state index contributed by atoms with van der Waals surface area (Å²) in [6.07, 6.45) is 0. The van der Waals surface area contributed by atoms with Crippen molar-refractivity contribution in [3.63, 3.8) is 0 Å². The van der Waals surface area contributed by atoms with Crippen molar-refractivity contribution < 1.29 is 13.9 Å². The number of aryl methyl sites for hydroxylation is 1. The number of halogens is 3. The van der Waals surface area contributed by atoms with E-state index in [2.05, 4.69) is 0 Å². The van der Waals surface area contributed by atoms with Crippen molar-refractivity contribution in [2.75, 3.05) is 13.9 Å². The van der Waals surface area contributed by atoms with Gasteiger partial charge in [0.1, 0.15) is 11.6 Å². The van der Waals surface area contributed by atoms with Gasteiger partial charge in [-0.15, -0.1) is 11.6 Å². The number of hydrogen-bond acceptors (Lipinski definition) is 3. The number of pyridine rings is 1. The third-order valence-electron chi connectivity index (χ3n) is 2.94. The molecule has 0 unspecified atom stereocenters. The van der Waals surface area contributed by atoms with Gasteiger partial charge in [-0.25, -0.2) is 4.39 Å². The number of methoxy groups -OCH3 is 1. The first-order chi connectivity index (χ1) is 9.51. The van der Waals surface area contributed by atoms with Gasteiger partial charge in [0.05, 0.1) is 26.0 Å². The van der Waals surface area contributed by atoms with Crippen LogP contribution in [-0.2, 0) is 17.7 Å². The molecule has 0 spiro atoms. The van der Waals surface area contributed by atoms with Crippen LogP contribution in [-0.4, -0.2) is 18.5 Å². The Morgan fingerprint density at radius 1 is 1.45 bits per heavy atom. The first kappa shape index (κ1) is 15.5. The van der Waals surface area contributed by atoms with Crippen LogP contribution in [0.25, 0.3) is 10.9 Å². The molecule has 1 aromatic heterocycles. The molecule has 1 aromatic carbocycles. The molecule has 2 aromatic rings. The molecule has 0 aliphatic rings. The number of rotatable bonds is 4. The van der Waals surface area contributed by atoms with Gasteiger partial charge >= 0.3 is 0 Å². The van der Waals surface area contributed by atoms with E-state index >= 15 is 0 Å². The standard InChI is InChI=1S/C13H12ClFINO3/c1-17-9(5-14)11(16)13(18)8-3-7(15)4-10(12(8)17)20-6-19-2/h3-4H,5-6H2,1-2H3. The quantitative estimate of drug-likeness (QED) is 0.441. The molecule has 0 atom stereocenters. The van der Waals surface area contributed by atoms with Crippen molar-refractivity contribution in [2.24, 2.45) is 7.05 Å². The van der Waals surface area contributed by atoms with E-state index in [9.17, 15) is 9.18 Å². The fraction of sp³-hybridized carbons (Fsp3) is 0.308. The summed E-state index contributed by atoms with van der Waals surface area (Å²) in [5.74, 6) is -0.0968. The second kappa shape index (κ2) is 6.28. The van der Waals surface area contributed by atoms with E-state index in [1.165, 1.54) is 19.2 Å². The lowest BCUT2D eigenvalue weighted by molar-refractivity contribution is 0.0518. The maximum Gasteiger partial charge on any atom is 0.203 e. The number of alkyl halides is 1. The van der Waals surface area contributed by atoms with Crippen LogP contribution in [0.4, 0.5) is 4.39 Å². The van der Waals surface area contributed by atoms with Crippen molar-refractivity contribution in [1.82, 2.24) is 4.57 Å². The van der Waals surface area contributed by atoms with E-state index in [0.29, 0.717) is 14.8 Å². The van der Waals surface area contributed by atoms with Crippen LogP contribution in [0.5, 0.6) is 5.75 Å². The smallest absolute Gasteiger partial charge is 0.203 e. The van der Waals surface area contributed by atoms with Gasteiger partial charge in [-0.05, 0) is 28.7 Å². The van der Waals surface area contributed by atoms with Crippen molar-refractivity contribution in [2.45, 2.75) is 5.88 Å². The van der Waals surface area contributed by atoms with Gasteiger partial charge in [0.2, 0.25) is 5.43 Å². The molecule has 0 amide bonds. The van der Waals surface area contributed by atoms with Crippen LogP contribution in [0.2, 0.25) is 0 Å². The molecule has 0 aliphatic heterocycles. The molecule has 1 heterocycles. The first-order valence-corrected chi connectivity index (χ1v) is 7.31. The van der Waals surface area contributed by atoms with Crippen LogP contribution >= 0.6 is 34.2 Å². The van der Waals surface area contributed by atoms with Crippen molar-refractivity contribution in [1.29, 1.82) is 0 Å². The molecule has 0 saturated heterocycles. The minimum Gasteiger partial charge on any atom is -0.465 e. The highest BCUT2D eigenvalue weighted by Crippen LogP contribution is 2.28. The normalized spacial score (nSPS) is 11.1. The average Bonchev–Trinajstić information content (AvgIpc) is 2.42. The van der Waals surface area contributed by atoms with Crippen LogP contribution in [0.3, 0.4) is 0 Å². The molecule has 7 heteroatoms. The summed E-state index contributed by atoms with van der Waals surface area (Å²) in [6, 6.07) is 2.43. The van der Waals surface area contributed by atoms with E-state index in [4.69, 9.17) is 21.1 Å². The van der Waals surface area contributed by atoms with E-state index in [0.717, 1.165) is 0 Å². The predicted octanol–water partition coefficient (Wildman–Crippen LogP) is 3.00. The molecular weight excluding hydrogens is 400 g/mol. The Balaban J connectivity index is 2.87. The number of hydrogen-bond donors (Lipinski definition) is 0. The molecule has 20 heavy (non-hydrogen) atoms. The second-order valence-corrected chi connectivity index (χ2v) is 5.48. The molecule has 0 radical (unpaired) electrons. The van der Waals surface area contributed by atoms with Crippen LogP contribution in [0, 0.1) is 9.39 Å². The zero-order chi connectivity index (χ0) is 14.9. The molecule has 0 saturated carbocycles. The van der Waals surface area contributed by atoms with Crippen LogP contribution in [0.15, 0.2) is 16.9 Å². The fourth-order valence-electron chi connectivity index (χ4n) is 2.01. The summed E-state index contributed by atoms with van der Waals surface area (Å²) in [5.41, 5.74) is 0.916. The Hall–Kier alpha value is -0.860. The minimum absolute atomic E-state index is 0.0328. The summed E-state index contributed by atoms with van der Waals surface area (Å²) in [4.78, 5) is 12.3. The Kier molecular flexibility index (Phi) is 4.87. The number of benzene rings is 1. The molecule has 2 rings (SSSR count). The molecule has 108 valence electrons.